The van der Waals surface area contributed by atoms with E-state index in [9.17, 15) is 79.0 Å². The molecule has 0 bridgehead atoms. The first-order chi connectivity index (χ1) is 12.2. The normalized spacial score (nSPS) is 37.4. The summed E-state index contributed by atoms with van der Waals surface area (Å²) in [5, 5.41) is 0. The number of hydrogen-bond donors (Lipinski definition) is 0. The van der Waals surface area contributed by atoms with E-state index in [4.69, 9.17) is 0 Å². The summed E-state index contributed by atoms with van der Waals surface area (Å²) in [4.78, 5) is 0. The van der Waals surface area contributed by atoms with Crippen molar-refractivity contribution in [1.29, 1.82) is 0 Å². The Labute approximate surface area is 145 Å². The van der Waals surface area contributed by atoms with E-state index in [0.29, 0.717) is 0 Å². The molecule has 2 rings (SSSR count). The molecule has 2 atom stereocenters. The molecule has 18 heteroatoms. The molecule has 0 spiro atoms. The highest BCUT2D eigenvalue weighted by Gasteiger charge is 3.02. The van der Waals surface area contributed by atoms with Crippen molar-refractivity contribution in [2.75, 3.05) is 0 Å². The molecule has 0 aromatic heterocycles. The summed E-state index contributed by atoms with van der Waals surface area (Å²) in [6.07, 6.45) is -16.0. The molecule has 2 aliphatic rings. The highest BCUT2D eigenvalue weighted by molar-refractivity contribution is 5.58. The lowest BCUT2D eigenvalue weighted by atomic mass is 9.76. The Morgan fingerprint density at radius 3 is 1.00 bits per heavy atom. The summed E-state index contributed by atoms with van der Waals surface area (Å²) in [7, 11) is 0. The van der Waals surface area contributed by atoms with Crippen molar-refractivity contribution < 1.29 is 79.0 Å². The van der Waals surface area contributed by atoms with Crippen LogP contribution in [0.3, 0.4) is 0 Å². The number of hydrogen-bond acceptors (Lipinski definition) is 0. The maximum absolute atomic E-state index is 14.3. The van der Waals surface area contributed by atoms with Crippen LogP contribution in [0.15, 0.2) is 11.1 Å². The van der Waals surface area contributed by atoms with Gasteiger partial charge in [0.05, 0.1) is 11.1 Å². The predicted molar refractivity (Wildman–Crippen MR) is 51.5 cm³/mol. The summed E-state index contributed by atoms with van der Waals surface area (Å²) < 4.78 is 240. The van der Waals surface area contributed by atoms with Gasteiger partial charge in [0.1, 0.15) is 0 Å². The van der Waals surface area contributed by atoms with Crippen molar-refractivity contribution in [2.45, 2.75) is 53.3 Å². The fourth-order valence-corrected chi connectivity index (χ4v) is 3.04. The number of allylic oxidation sites excluding steroid dienone is 2. The van der Waals surface area contributed by atoms with Gasteiger partial charge < -0.3 is 0 Å². The van der Waals surface area contributed by atoms with Crippen LogP contribution < -0.4 is 0 Å². The van der Waals surface area contributed by atoms with Gasteiger partial charge in [-0.05, 0) is 0 Å². The molecule has 0 N–H and O–H groups in total. The minimum Gasteiger partial charge on any atom is -0.224 e. The van der Waals surface area contributed by atoms with Gasteiger partial charge in [0.15, 0.2) is 0 Å². The maximum Gasteiger partial charge on any atom is 0.432 e. The molecule has 2 aliphatic carbocycles. The average Bonchev–Trinajstić information content (AvgIpc) is 2.61. The molecule has 2 unspecified atom stereocenters. The first-order valence-corrected chi connectivity index (χ1v) is 6.40. The monoisotopic (exact) mass is 474 g/mol. The quantitative estimate of drug-likeness (QED) is 0.298. The van der Waals surface area contributed by atoms with Crippen molar-refractivity contribution in [3.63, 3.8) is 0 Å². The van der Waals surface area contributed by atoms with E-state index in [1.165, 1.54) is 0 Å². The van der Waals surface area contributed by atoms with Crippen LogP contribution in [0.25, 0.3) is 0 Å². The van der Waals surface area contributed by atoms with Gasteiger partial charge in [0.25, 0.3) is 5.67 Å². The second-order valence-corrected chi connectivity index (χ2v) is 5.93. The Morgan fingerprint density at radius 2 is 0.724 bits per heavy atom. The summed E-state index contributed by atoms with van der Waals surface area (Å²) in [5.74, 6) is -38.9. The molecular weight excluding hydrogens is 474 g/mol. The third-order valence-corrected chi connectivity index (χ3v) is 4.41. The molecule has 0 aliphatic heterocycles. The zero-order chi connectivity index (χ0) is 23.7. The predicted octanol–water partition coefficient (Wildman–Crippen LogP) is 6.03. The van der Waals surface area contributed by atoms with Crippen molar-refractivity contribution in [2.24, 2.45) is 0 Å². The van der Waals surface area contributed by atoms with Crippen LogP contribution in [-0.4, -0.2) is 53.3 Å². The summed E-state index contributed by atoms with van der Waals surface area (Å²) in [6.45, 7) is 0. The molecule has 0 amide bonds. The first kappa shape index (κ1) is 23.8. The molecular formula is C11F18. The SMILES string of the molecule is FC(F)(F)C1(F)C2=C(C(F)(F)C(F)(F)C(F)(F)C2(F)F)C(F)(F)C1(F)C(F)(F)F. The molecule has 0 nitrogen and oxygen atoms in total. The van der Waals surface area contributed by atoms with Crippen LogP contribution >= 0.6 is 0 Å². The minimum absolute atomic E-state index is 5.08. The summed E-state index contributed by atoms with van der Waals surface area (Å²) in [6, 6.07) is 0. The van der Waals surface area contributed by atoms with Gasteiger partial charge in [-0.3, -0.25) is 0 Å². The molecule has 170 valence electrons. The Balaban J connectivity index is 3.26. The molecule has 29 heavy (non-hydrogen) atoms. The van der Waals surface area contributed by atoms with Crippen molar-refractivity contribution in [3.8, 4) is 0 Å². The second kappa shape index (κ2) is 5.03. The average molecular weight is 474 g/mol. The lowest BCUT2D eigenvalue weighted by molar-refractivity contribution is -0.372. The van der Waals surface area contributed by atoms with Gasteiger partial charge in [-0.1, -0.05) is 0 Å². The van der Waals surface area contributed by atoms with E-state index >= 15 is 0 Å². The summed E-state index contributed by atoms with van der Waals surface area (Å²) in [5.41, 5.74) is -26.4. The van der Waals surface area contributed by atoms with E-state index in [-0.39, 0.29) is 0 Å². The third-order valence-electron chi connectivity index (χ3n) is 4.41. The van der Waals surface area contributed by atoms with E-state index in [2.05, 4.69) is 0 Å². The van der Waals surface area contributed by atoms with Crippen molar-refractivity contribution in [1.82, 2.24) is 0 Å². The minimum atomic E-state index is -8.13. The fourth-order valence-electron chi connectivity index (χ4n) is 3.04. The third kappa shape index (κ3) is 1.98. The summed E-state index contributed by atoms with van der Waals surface area (Å²) >= 11 is 0. The van der Waals surface area contributed by atoms with Gasteiger partial charge >= 0.3 is 47.6 Å². The van der Waals surface area contributed by atoms with Gasteiger partial charge in [-0.15, -0.1) is 0 Å². The van der Waals surface area contributed by atoms with E-state index in [1.54, 1.807) is 0 Å². The molecule has 0 radical (unpaired) electrons. The Kier molecular flexibility index (Phi) is 4.12. The van der Waals surface area contributed by atoms with Crippen LogP contribution in [0.5, 0.6) is 0 Å². The van der Waals surface area contributed by atoms with Crippen LogP contribution in [0.1, 0.15) is 0 Å². The highest BCUT2D eigenvalue weighted by Crippen LogP contribution is 2.77. The van der Waals surface area contributed by atoms with E-state index in [0.717, 1.165) is 0 Å². The second-order valence-electron chi connectivity index (χ2n) is 5.93. The molecule has 0 aromatic carbocycles. The van der Waals surface area contributed by atoms with Crippen molar-refractivity contribution in [3.05, 3.63) is 11.1 Å². The van der Waals surface area contributed by atoms with Crippen LogP contribution in [0.2, 0.25) is 0 Å². The lowest BCUT2D eigenvalue weighted by Crippen LogP contribution is -2.71. The van der Waals surface area contributed by atoms with E-state index < -0.39 is 64.4 Å². The Bertz CT molecular complexity index is 764. The molecule has 0 fully saturated rings. The molecule has 0 saturated carbocycles. The Morgan fingerprint density at radius 1 is 0.414 bits per heavy atom. The Hall–Kier alpha value is -1.52. The van der Waals surface area contributed by atoms with Crippen LogP contribution in [0, 0.1) is 0 Å². The first-order valence-electron chi connectivity index (χ1n) is 6.40. The number of alkyl halides is 18. The zero-order valence-corrected chi connectivity index (χ0v) is 12.3. The topological polar surface area (TPSA) is 0 Å². The molecule has 0 aromatic rings. The van der Waals surface area contributed by atoms with Gasteiger partial charge in [0.2, 0.25) is 0 Å². The van der Waals surface area contributed by atoms with Gasteiger partial charge in [0, 0.05) is 0 Å². The number of halogens is 18. The largest absolute Gasteiger partial charge is 0.432 e. The molecule has 0 heterocycles. The van der Waals surface area contributed by atoms with Crippen LogP contribution in [0.4, 0.5) is 79.0 Å². The van der Waals surface area contributed by atoms with Gasteiger partial charge in [-0.2, -0.15) is 70.2 Å². The molecule has 0 saturated heterocycles. The van der Waals surface area contributed by atoms with Gasteiger partial charge in [-0.25, -0.2) is 8.78 Å². The van der Waals surface area contributed by atoms with Crippen molar-refractivity contribution >= 4 is 0 Å². The van der Waals surface area contributed by atoms with Crippen LogP contribution in [-0.2, 0) is 0 Å². The van der Waals surface area contributed by atoms with E-state index in [1.807, 2.05) is 0 Å². The lowest BCUT2D eigenvalue weighted by Gasteiger charge is -2.44. The standard InChI is InChI=1S/C11F18/c12-3(10(24,25)26)1-2(4(13,14)7(3,19)11(27,28)29)6(17,18)9(22,23)8(20,21)5(1,15)16. The maximum atomic E-state index is 14.3. The number of rotatable bonds is 0. The highest BCUT2D eigenvalue weighted by atomic mass is 19.4. The fraction of sp³-hybridized carbons (Fsp3) is 0.818. The zero-order valence-electron chi connectivity index (χ0n) is 12.3. The smallest absolute Gasteiger partial charge is 0.224 e.